The van der Waals surface area contributed by atoms with Gasteiger partial charge < -0.3 is 5.11 Å². The third-order valence-corrected chi connectivity index (χ3v) is 7.01. The van der Waals surface area contributed by atoms with Crippen LogP contribution in [0.25, 0.3) is 28.2 Å². The summed E-state index contributed by atoms with van der Waals surface area (Å²) in [4.78, 5) is 4.34. The molecule has 0 bridgehead atoms. The van der Waals surface area contributed by atoms with Crippen molar-refractivity contribution < 1.29 is 22.3 Å². The van der Waals surface area contributed by atoms with Crippen LogP contribution in [-0.2, 0) is 15.9 Å². The van der Waals surface area contributed by atoms with Crippen molar-refractivity contribution in [3.05, 3.63) is 89.7 Å². The summed E-state index contributed by atoms with van der Waals surface area (Å²) in [6.45, 7) is 5.87. The summed E-state index contributed by atoms with van der Waals surface area (Å²) in [6.07, 6.45) is -1.77. The maximum atomic E-state index is 13.9. The zero-order valence-electron chi connectivity index (χ0n) is 19.8. The number of imidazole rings is 1. The van der Waals surface area contributed by atoms with Gasteiger partial charge in [0.1, 0.15) is 5.82 Å². The molecule has 0 fully saturated rings. The lowest BCUT2D eigenvalue weighted by molar-refractivity contribution is -0.211. The molecule has 1 N–H and O–H groups in total. The van der Waals surface area contributed by atoms with Gasteiger partial charge in [0.25, 0.3) is 0 Å². The van der Waals surface area contributed by atoms with E-state index >= 15 is 0 Å². The van der Waals surface area contributed by atoms with Gasteiger partial charge >= 0.3 is 6.11 Å². The van der Waals surface area contributed by atoms with Crippen LogP contribution in [0, 0.1) is 6.92 Å². The molecule has 0 aliphatic heterocycles. The number of rotatable bonds is 6. The largest absolute Gasteiger partial charge is 0.399 e. The van der Waals surface area contributed by atoms with E-state index in [-0.39, 0.29) is 16.6 Å². The Labute approximate surface area is 203 Å². The molecule has 0 saturated heterocycles. The molecule has 8 heteroatoms. The maximum Gasteiger partial charge on any atom is 0.399 e. The number of aromatic nitrogens is 2. The van der Waals surface area contributed by atoms with Crippen LogP contribution in [0.15, 0.2) is 77.8 Å². The number of sulfone groups is 1. The average molecular weight is 497 g/mol. The Morgan fingerprint density at radius 1 is 0.971 bits per heavy atom. The van der Waals surface area contributed by atoms with Gasteiger partial charge in [-0.15, -0.1) is 0 Å². The SMILES string of the molecule is Cc1cc(-c2cccc(S(C)(=O)=O)c2)ccc1-c1nc(C(O)(F)F)cn1-c1ccccc1C(C)C. The Bertz CT molecular complexity index is 1500. The maximum absolute atomic E-state index is 13.9. The molecule has 0 saturated carbocycles. The van der Waals surface area contributed by atoms with E-state index in [9.17, 15) is 22.3 Å². The van der Waals surface area contributed by atoms with Gasteiger partial charge in [0.05, 0.1) is 10.6 Å². The van der Waals surface area contributed by atoms with Gasteiger partial charge in [0.15, 0.2) is 15.5 Å². The van der Waals surface area contributed by atoms with Crippen molar-refractivity contribution in [2.45, 2.75) is 37.7 Å². The summed E-state index contributed by atoms with van der Waals surface area (Å²) in [5.74, 6) is 0.404. The van der Waals surface area contributed by atoms with Gasteiger partial charge in [0, 0.05) is 18.0 Å². The van der Waals surface area contributed by atoms with E-state index in [1.807, 2.05) is 57.2 Å². The minimum absolute atomic E-state index is 0.130. The number of aryl methyl sites for hydroxylation is 1. The van der Waals surface area contributed by atoms with Gasteiger partial charge in [-0.25, -0.2) is 13.4 Å². The molecule has 1 heterocycles. The fourth-order valence-corrected chi connectivity index (χ4v) is 4.76. The number of hydrogen-bond donors (Lipinski definition) is 1. The molecular formula is C27H26F2N2O3S. The van der Waals surface area contributed by atoms with Crippen molar-refractivity contribution in [1.29, 1.82) is 0 Å². The lowest BCUT2D eigenvalue weighted by atomic mass is 9.98. The van der Waals surface area contributed by atoms with Gasteiger partial charge in [-0.2, -0.15) is 8.78 Å². The predicted molar refractivity (Wildman–Crippen MR) is 132 cm³/mol. The third-order valence-electron chi connectivity index (χ3n) is 5.90. The van der Waals surface area contributed by atoms with Crippen LogP contribution in [0.4, 0.5) is 8.78 Å². The van der Waals surface area contributed by atoms with Crippen molar-refractivity contribution in [2.75, 3.05) is 6.26 Å². The van der Waals surface area contributed by atoms with Crippen molar-refractivity contribution >= 4 is 9.84 Å². The van der Waals surface area contributed by atoms with Crippen molar-refractivity contribution in [3.63, 3.8) is 0 Å². The van der Waals surface area contributed by atoms with E-state index < -0.39 is 21.6 Å². The van der Waals surface area contributed by atoms with Gasteiger partial charge in [-0.05, 0) is 53.3 Å². The summed E-state index contributed by atoms with van der Waals surface area (Å²) in [5, 5.41) is 9.39. The molecule has 35 heavy (non-hydrogen) atoms. The van der Waals surface area contributed by atoms with E-state index in [1.165, 1.54) is 6.20 Å². The van der Waals surface area contributed by atoms with Gasteiger partial charge in [0.2, 0.25) is 0 Å². The first-order valence-electron chi connectivity index (χ1n) is 11.1. The molecule has 4 aromatic rings. The molecule has 0 unspecified atom stereocenters. The zero-order valence-corrected chi connectivity index (χ0v) is 20.6. The number of halogens is 2. The van der Waals surface area contributed by atoms with Crippen LogP contribution in [0.2, 0.25) is 0 Å². The fraction of sp³-hybridized carbons (Fsp3) is 0.222. The molecule has 3 aromatic carbocycles. The highest BCUT2D eigenvalue weighted by Gasteiger charge is 2.33. The van der Waals surface area contributed by atoms with Gasteiger partial charge in [-0.3, -0.25) is 4.57 Å². The predicted octanol–water partition coefficient (Wildman–Crippen LogP) is 6.08. The molecule has 0 radical (unpaired) electrons. The van der Waals surface area contributed by atoms with E-state index in [0.717, 1.165) is 28.5 Å². The Balaban J connectivity index is 1.88. The summed E-state index contributed by atoms with van der Waals surface area (Å²) < 4.78 is 53.3. The molecule has 182 valence electrons. The van der Waals surface area contributed by atoms with Crippen LogP contribution in [0.5, 0.6) is 0 Å². The van der Waals surface area contributed by atoms with Crippen LogP contribution < -0.4 is 0 Å². The topological polar surface area (TPSA) is 72.2 Å². The molecule has 4 rings (SSSR count). The number of aliphatic hydroxyl groups is 1. The first-order valence-corrected chi connectivity index (χ1v) is 13.0. The first kappa shape index (κ1) is 24.8. The number of benzene rings is 3. The highest BCUT2D eigenvalue weighted by atomic mass is 32.2. The second kappa shape index (κ2) is 9.02. The normalized spacial score (nSPS) is 12.3. The Morgan fingerprint density at radius 3 is 2.29 bits per heavy atom. The third kappa shape index (κ3) is 5.04. The van der Waals surface area contributed by atoms with E-state index in [2.05, 4.69) is 4.98 Å². The van der Waals surface area contributed by atoms with E-state index in [0.29, 0.717) is 11.3 Å². The highest BCUT2D eigenvalue weighted by Crippen LogP contribution is 2.35. The Kier molecular flexibility index (Phi) is 6.38. The monoisotopic (exact) mass is 496 g/mol. The van der Waals surface area contributed by atoms with Crippen LogP contribution in [0.3, 0.4) is 0 Å². The van der Waals surface area contributed by atoms with Crippen LogP contribution >= 0.6 is 0 Å². The quantitative estimate of drug-likeness (QED) is 0.351. The second-order valence-electron chi connectivity index (χ2n) is 8.90. The molecule has 1 aromatic heterocycles. The lowest BCUT2D eigenvalue weighted by Crippen LogP contribution is -2.11. The van der Waals surface area contributed by atoms with Crippen LogP contribution in [-0.4, -0.2) is 29.3 Å². The molecule has 0 atom stereocenters. The Morgan fingerprint density at radius 2 is 1.66 bits per heavy atom. The molecule has 5 nitrogen and oxygen atoms in total. The summed E-state index contributed by atoms with van der Waals surface area (Å²) >= 11 is 0. The van der Waals surface area contributed by atoms with Crippen molar-refractivity contribution in [1.82, 2.24) is 9.55 Å². The summed E-state index contributed by atoms with van der Waals surface area (Å²) in [7, 11) is -3.36. The first-order chi connectivity index (χ1) is 16.4. The smallest absolute Gasteiger partial charge is 0.331 e. The molecular weight excluding hydrogens is 470 g/mol. The lowest BCUT2D eigenvalue weighted by Gasteiger charge is -2.16. The van der Waals surface area contributed by atoms with Gasteiger partial charge in [-0.1, -0.05) is 62.4 Å². The Hall–Kier alpha value is -3.36. The van der Waals surface area contributed by atoms with E-state index in [4.69, 9.17) is 0 Å². The number of hydrogen-bond acceptors (Lipinski definition) is 4. The van der Waals surface area contributed by atoms with Crippen LogP contribution in [0.1, 0.15) is 36.6 Å². The average Bonchev–Trinajstić information content (AvgIpc) is 3.24. The molecule has 0 aliphatic rings. The summed E-state index contributed by atoms with van der Waals surface area (Å²) in [5.41, 5.74) is 3.78. The summed E-state index contributed by atoms with van der Waals surface area (Å²) in [6, 6.07) is 19.6. The fourth-order valence-electron chi connectivity index (χ4n) is 4.09. The van der Waals surface area contributed by atoms with Crippen molar-refractivity contribution in [2.24, 2.45) is 0 Å². The molecule has 0 amide bonds. The second-order valence-corrected chi connectivity index (χ2v) is 10.9. The minimum atomic E-state index is -4.09. The number of alkyl halides is 2. The van der Waals surface area contributed by atoms with E-state index in [1.54, 1.807) is 34.9 Å². The number of nitrogens with zero attached hydrogens (tertiary/aromatic N) is 2. The molecule has 0 spiro atoms. The van der Waals surface area contributed by atoms with Crippen molar-refractivity contribution in [3.8, 4) is 28.2 Å². The molecule has 0 aliphatic carbocycles. The standard InChI is InChI=1S/C27H26F2N2O3S/c1-17(2)22-10-5-6-11-24(22)31-16-25(27(28,29)32)30-26(31)23-13-12-20(14-18(23)3)19-8-7-9-21(15-19)35(4,33)34/h5-17,32H,1-4H3. The zero-order chi connectivity index (χ0) is 25.5. The minimum Gasteiger partial charge on any atom is -0.331 e. The number of para-hydroxylation sites is 1. The highest BCUT2D eigenvalue weighted by molar-refractivity contribution is 7.90.